The normalized spacial score (nSPS) is 18.4. The number of phenolic OH excluding ortho intramolecular Hbond substituents is 2. The molecule has 2 N–H and O–H groups in total. The van der Waals surface area contributed by atoms with E-state index in [1.165, 1.54) is 64.2 Å². The Morgan fingerprint density at radius 3 is 1.68 bits per heavy atom. The largest absolute Gasteiger partial charge is 0.507 e. The van der Waals surface area contributed by atoms with Crippen molar-refractivity contribution in [2.75, 3.05) is 0 Å². The number of nitrogens with zero attached hydrogens (tertiary/aromatic N) is 3. The summed E-state index contributed by atoms with van der Waals surface area (Å²) in [6.45, 7) is 6.31. The molecule has 2 aliphatic carbocycles. The Balaban J connectivity index is 1.45. The van der Waals surface area contributed by atoms with Crippen molar-refractivity contribution >= 4 is 18.6 Å². The molecule has 5 heteroatoms. The Morgan fingerprint density at radius 1 is 0.580 bits per heavy atom. The predicted molar refractivity (Wildman–Crippen MR) is 213 cm³/mol. The van der Waals surface area contributed by atoms with Gasteiger partial charge in [-0.05, 0) is 75.3 Å². The summed E-state index contributed by atoms with van der Waals surface area (Å²) in [5.41, 5.74) is 4.66. The molecule has 2 saturated carbocycles. The van der Waals surface area contributed by atoms with Crippen molar-refractivity contribution in [3.05, 3.63) is 57.6 Å². The van der Waals surface area contributed by atoms with Gasteiger partial charge in [0.2, 0.25) is 0 Å². The quantitative estimate of drug-likeness (QED) is 0.112. The first-order valence-electron chi connectivity index (χ1n) is 19.8. The maximum absolute atomic E-state index is 11.3. The van der Waals surface area contributed by atoms with E-state index >= 15 is 0 Å². The van der Waals surface area contributed by atoms with Gasteiger partial charge in [-0.1, -0.05) is 115 Å². The van der Waals surface area contributed by atoms with E-state index in [9.17, 15) is 10.2 Å². The molecule has 0 bridgehead atoms. The summed E-state index contributed by atoms with van der Waals surface area (Å²) < 4.78 is 0. The Kier molecular flexibility index (Phi) is 17.2. The topological polar surface area (TPSA) is 77.5 Å². The van der Waals surface area contributed by atoms with Crippen LogP contribution in [0.4, 0.5) is 0 Å². The fourth-order valence-corrected chi connectivity index (χ4v) is 6.94. The lowest BCUT2D eigenvalue weighted by Crippen LogP contribution is -2.27. The van der Waals surface area contributed by atoms with Crippen LogP contribution in [-0.2, 0) is 0 Å². The molecular formula is C45H61N3O2. The Labute approximate surface area is 303 Å². The van der Waals surface area contributed by atoms with E-state index in [1.54, 1.807) is 6.21 Å². The fourth-order valence-electron chi connectivity index (χ4n) is 6.94. The molecule has 0 saturated heterocycles. The van der Waals surface area contributed by atoms with Gasteiger partial charge in [-0.25, -0.2) is 0 Å². The maximum atomic E-state index is 11.3. The number of hydrogen-bond acceptors (Lipinski definition) is 5. The third kappa shape index (κ3) is 13.1. The smallest absolute Gasteiger partial charge is 0.133 e. The van der Waals surface area contributed by atoms with Gasteiger partial charge in [-0.2, -0.15) is 0 Å². The van der Waals surface area contributed by atoms with Gasteiger partial charge in [0.25, 0.3) is 0 Å². The molecule has 268 valence electrons. The van der Waals surface area contributed by atoms with Gasteiger partial charge < -0.3 is 10.2 Å². The zero-order valence-corrected chi connectivity index (χ0v) is 31.2. The van der Waals surface area contributed by atoms with Crippen molar-refractivity contribution in [1.29, 1.82) is 0 Å². The van der Waals surface area contributed by atoms with Crippen molar-refractivity contribution < 1.29 is 10.2 Å². The molecule has 0 amide bonds. The molecule has 0 aliphatic heterocycles. The van der Waals surface area contributed by atoms with Crippen LogP contribution in [0.15, 0.2) is 39.2 Å². The van der Waals surface area contributed by atoms with E-state index < -0.39 is 0 Å². The molecule has 0 radical (unpaired) electrons. The van der Waals surface area contributed by atoms with E-state index in [2.05, 4.69) is 37.5 Å². The summed E-state index contributed by atoms with van der Waals surface area (Å²) >= 11 is 0. The number of aliphatic imine (C=N–C) groups is 3. The first-order chi connectivity index (χ1) is 24.5. The number of benzene rings is 2. The molecule has 2 aromatic carbocycles. The summed E-state index contributed by atoms with van der Waals surface area (Å²) in [6, 6.07) is 8.10. The molecule has 2 aromatic rings. The lowest BCUT2D eigenvalue weighted by Gasteiger charge is -2.25. The minimum Gasteiger partial charge on any atom is -0.507 e. The lowest BCUT2D eigenvalue weighted by molar-refractivity contribution is 0.390. The summed E-state index contributed by atoms with van der Waals surface area (Å²) in [7, 11) is 0. The van der Waals surface area contributed by atoms with Crippen molar-refractivity contribution in [2.45, 2.75) is 167 Å². The van der Waals surface area contributed by atoms with Crippen LogP contribution >= 0.6 is 0 Å². The predicted octanol–water partition coefficient (Wildman–Crippen LogP) is 11.0. The summed E-state index contributed by atoms with van der Waals surface area (Å²) in [6.07, 6.45) is 28.6. The Bertz CT molecular complexity index is 1560. The molecule has 50 heavy (non-hydrogen) atoms. The minimum atomic E-state index is -0.00792. The molecule has 2 aliphatic rings. The number of rotatable bonds is 15. The first-order valence-corrected chi connectivity index (χ1v) is 19.8. The van der Waals surface area contributed by atoms with Crippen LogP contribution < -0.4 is 0 Å². The van der Waals surface area contributed by atoms with Gasteiger partial charge in [0.15, 0.2) is 0 Å². The summed E-state index contributed by atoms with van der Waals surface area (Å²) in [5.74, 6) is 13.7. The van der Waals surface area contributed by atoms with Gasteiger partial charge in [-0.15, -0.1) is 0 Å². The highest BCUT2D eigenvalue weighted by atomic mass is 16.3. The average Bonchev–Trinajstić information content (AvgIpc) is 3.13. The van der Waals surface area contributed by atoms with Crippen LogP contribution in [-0.4, -0.2) is 47.0 Å². The number of phenols is 2. The molecule has 2 fully saturated rings. The van der Waals surface area contributed by atoms with E-state index in [1.807, 2.05) is 43.6 Å². The Morgan fingerprint density at radius 2 is 1.08 bits per heavy atom. The SMILES string of the molecule is CCCC#Cc1cc(C=NC2CCCCC2)c(O)c(C=NC2CCCCC2N=Cc2cc(C#CCCCCCCCCCC)cc(C)c2O)c1. The van der Waals surface area contributed by atoms with Crippen molar-refractivity contribution in [3.8, 4) is 35.2 Å². The standard InChI is InChI=1S/C45H61N3O2/c1-4-6-8-9-10-11-12-13-14-17-23-36-28-35(3)44(49)38(29-36)33-47-42-26-20-21-27-43(42)48-34-40-31-37(22-16-7-5-2)30-39(45(40)50)32-46-41-24-18-15-19-25-41/h28-34,41-43,49-50H,4-15,18-21,24-27H2,1-3H3. The minimum absolute atomic E-state index is 0.00146. The lowest BCUT2D eigenvalue weighted by atomic mass is 9.91. The second kappa shape index (κ2) is 22.1. The van der Waals surface area contributed by atoms with Crippen molar-refractivity contribution in [3.63, 3.8) is 0 Å². The number of aromatic hydroxyl groups is 2. The zero-order valence-electron chi connectivity index (χ0n) is 31.2. The van der Waals surface area contributed by atoms with Gasteiger partial charge in [0, 0.05) is 65.3 Å². The average molecular weight is 676 g/mol. The molecule has 4 rings (SSSR count). The maximum Gasteiger partial charge on any atom is 0.133 e. The van der Waals surface area contributed by atoms with Crippen molar-refractivity contribution in [1.82, 2.24) is 0 Å². The van der Waals surface area contributed by atoms with Gasteiger partial charge >= 0.3 is 0 Å². The van der Waals surface area contributed by atoms with Crippen molar-refractivity contribution in [2.24, 2.45) is 15.0 Å². The molecule has 2 atom stereocenters. The second-order valence-corrected chi connectivity index (χ2v) is 14.4. The van der Waals surface area contributed by atoms with E-state index in [0.717, 1.165) is 80.9 Å². The molecule has 0 spiro atoms. The highest BCUT2D eigenvalue weighted by Gasteiger charge is 2.24. The molecular weight excluding hydrogens is 615 g/mol. The summed E-state index contributed by atoms with van der Waals surface area (Å²) in [4.78, 5) is 14.8. The molecule has 0 heterocycles. The highest BCUT2D eigenvalue weighted by Crippen LogP contribution is 2.28. The van der Waals surface area contributed by atoms with Crippen LogP contribution in [0.1, 0.15) is 176 Å². The zero-order chi connectivity index (χ0) is 35.4. The Hall–Kier alpha value is -3.83. The number of aryl methyl sites for hydroxylation is 1. The molecule has 0 aromatic heterocycles. The van der Waals surface area contributed by atoms with E-state index in [4.69, 9.17) is 15.0 Å². The van der Waals surface area contributed by atoms with Gasteiger partial charge in [0.1, 0.15) is 11.5 Å². The molecule has 5 nitrogen and oxygen atoms in total. The van der Waals surface area contributed by atoms with Crippen LogP contribution in [0.25, 0.3) is 0 Å². The second-order valence-electron chi connectivity index (χ2n) is 14.4. The van der Waals surface area contributed by atoms with Crippen LogP contribution in [0.5, 0.6) is 11.5 Å². The third-order valence-electron chi connectivity index (χ3n) is 10.00. The van der Waals surface area contributed by atoms with Gasteiger partial charge in [-0.3, -0.25) is 15.0 Å². The van der Waals surface area contributed by atoms with Crippen LogP contribution in [0.2, 0.25) is 0 Å². The molecule has 2 unspecified atom stereocenters. The summed E-state index contributed by atoms with van der Waals surface area (Å²) in [5, 5.41) is 22.2. The van der Waals surface area contributed by atoms with E-state index in [-0.39, 0.29) is 23.6 Å². The van der Waals surface area contributed by atoms with Gasteiger partial charge in [0.05, 0.1) is 12.1 Å². The first kappa shape index (κ1) is 39.0. The highest BCUT2D eigenvalue weighted by molar-refractivity contribution is 5.93. The monoisotopic (exact) mass is 675 g/mol. The van der Waals surface area contributed by atoms with Crippen LogP contribution in [0, 0.1) is 30.6 Å². The third-order valence-corrected chi connectivity index (χ3v) is 10.00. The number of hydrogen-bond donors (Lipinski definition) is 2. The fraction of sp³-hybridized carbons (Fsp3) is 0.578. The van der Waals surface area contributed by atoms with Crippen LogP contribution in [0.3, 0.4) is 0 Å². The van der Waals surface area contributed by atoms with E-state index in [0.29, 0.717) is 22.7 Å². The number of unbranched alkanes of at least 4 members (excludes halogenated alkanes) is 9.